The molecule has 2 aliphatic rings. The molecule has 1 saturated heterocycles. The van der Waals surface area contributed by atoms with Gasteiger partial charge in [-0.25, -0.2) is 4.79 Å². The average molecular weight is 490 g/mol. The maximum atomic E-state index is 12.8. The Morgan fingerprint density at radius 1 is 1.14 bits per heavy atom. The number of aliphatic imine (C=N–C) groups is 1. The van der Waals surface area contributed by atoms with Gasteiger partial charge in [0, 0.05) is 42.8 Å². The molecule has 1 fully saturated rings. The molecule has 0 unspecified atom stereocenters. The lowest BCUT2D eigenvalue weighted by molar-refractivity contribution is 0.101. The number of carbonyl (C=O) groups is 1. The summed E-state index contributed by atoms with van der Waals surface area (Å²) in [4.78, 5) is 21.7. The van der Waals surface area contributed by atoms with Crippen LogP contribution in [0, 0.1) is 0 Å². The van der Waals surface area contributed by atoms with Gasteiger partial charge in [0.2, 0.25) is 5.88 Å². The molecule has 3 N–H and O–H groups in total. The van der Waals surface area contributed by atoms with E-state index in [2.05, 4.69) is 23.3 Å². The van der Waals surface area contributed by atoms with Gasteiger partial charge in [0.15, 0.2) is 0 Å². The van der Waals surface area contributed by atoms with Crippen molar-refractivity contribution in [3.63, 3.8) is 0 Å². The molecule has 0 saturated carbocycles. The summed E-state index contributed by atoms with van der Waals surface area (Å²) in [6.45, 7) is 7.87. The Balaban J connectivity index is 1.40. The molecular formula is C28H35N5O3. The van der Waals surface area contributed by atoms with Crippen LogP contribution in [0.3, 0.4) is 0 Å². The van der Waals surface area contributed by atoms with E-state index in [4.69, 9.17) is 15.5 Å². The number of fused-ring (bicyclic) bond motifs is 1. The zero-order chi connectivity index (χ0) is 25.2. The molecular weight excluding hydrogens is 454 g/mol. The molecule has 2 aliphatic heterocycles. The van der Waals surface area contributed by atoms with E-state index in [-0.39, 0.29) is 31.2 Å². The van der Waals surface area contributed by atoms with Crippen molar-refractivity contribution in [1.29, 1.82) is 0 Å². The SMILES string of the molecule is CC(C)N1CCC(n2c(O)c(C3=NCCN(C(=O)OCc4ccccc4)C3)c3cc(N)ccc32)CC1. The zero-order valence-corrected chi connectivity index (χ0v) is 21.1. The topological polar surface area (TPSA) is 96.3 Å². The maximum Gasteiger partial charge on any atom is 0.410 e. The normalized spacial score (nSPS) is 17.5. The molecule has 190 valence electrons. The highest BCUT2D eigenvalue weighted by Gasteiger charge is 2.31. The lowest BCUT2D eigenvalue weighted by Crippen LogP contribution is -2.41. The van der Waals surface area contributed by atoms with E-state index >= 15 is 0 Å². The van der Waals surface area contributed by atoms with Gasteiger partial charge in [-0.1, -0.05) is 30.3 Å². The van der Waals surface area contributed by atoms with Crippen molar-refractivity contribution in [2.45, 2.75) is 45.4 Å². The van der Waals surface area contributed by atoms with E-state index in [0.717, 1.165) is 42.4 Å². The fourth-order valence-corrected chi connectivity index (χ4v) is 5.37. The van der Waals surface area contributed by atoms with Gasteiger partial charge in [-0.3, -0.25) is 4.99 Å². The van der Waals surface area contributed by atoms with Gasteiger partial charge in [-0.15, -0.1) is 0 Å². The van der Waals surface area contributed by atoms with Gasteiger partial charge < -0.3 is 29.9 Å². The molecule has 3 heterocycles. The van der Waals surface area contributed by atoms with Gasteiger partial charge in [-0.05, 0) is 50.5 Å². The van der Waals surface area contributed by atoms with Crippen LogP contribution >= 0.6 is 0 Å². The molecule has 0 aliphatic carbocycles. The molecule has 0 bridgehead atoms. The van der Waals surface area contributed by atoms with Crippen molar-refractivity contribution in [3.05, 3.63) is 59.7 Å². The fourth-order valence-electron chi connectivity index (χ4n) is 5.37. The molecule has 36 heavy (non-hydrogen) atoms. The number of likely N-dealkylation sites (tertiary alicyclic amines) is 1. The molecule has 5 rings (SSSR count). The number of nitrogens with zero attached hydrogens (tertiary/aromatic N) is 4. The number of benzene rings is 2. The van der Waals surface area contributed by atoms with Crippen LogP contribution in [0.15, 0.2) is 53.5 Å². The summed E-state index contributed by atoms with van der Waals surface area (Å²) in [5.41, 5.74) is 10.0. The van der Waals surface area contributed by atoms with E-state index in [9.17, 15) is 9.90 Å². The third-order valence-corrected chi connectivity index (χ3v) is 7.36. The number of ether oxygens (including phenoxy) is 1. The first kappa shape index (κ1) is 24.2. The third-order valence-electron chi connectivity index (χ3n) is 7.36. The van der Waals surface area contributed by atoms with Crippen molar-refractivity contribution >= 4 is 28.4 Å². The third kappa shape index (κ3) is 4.78. The molecule has 1 aromatic heterocycles. The largest absolute Gasteiger partial charge is 0.494 e. The highest BCUT2D eigenvalue weighted by Crippen LogP contribution is 2.39. The molecule has 0 atom stereocenters. The smallest absolute Gasteiger partial charge is 0.410 e. The Kier molecular flexibility index (Phi) is 6.87. The predicted molar refractivity (Wildman–Crippen MR) is 143 cm³/mol. The number of nitrogens with two attached hydrogens (primary N) is 1. The number of amides is 1. The number of hydrogen-bond acceptors (Lipinski definition) is 6. The van der Waals surface area contributed by atoms with Crippen LogP contribution in [0.4, 0.5) is 10.5 Å². The van der Waals surface area contributed by atoms with Crippen LogP contribution in [0.25, 0.3) is 10.9 Å². The first-order valence-electron chi connectivity index (χ1n) is 12.8. The van der Waals surface area contributed by atoms with Crippen LogP contribution in [0.2, 0.25) is 0 Å². The first-order valence-corrected chi connectivity index (χ1v) is 12.8. The number of nitrogen functional groups attached to an aromatic ring is 1. The van der Waals surface area contributed by atoms with Gasteiger partial charge in [0.1, 0.15) is 6.61 Å². The minimum absolute atomic E-state index is 0.191. The van der Waals surface area contributed by atoms with Crippen LogP contribution in [0.5, 0.6) is 5.88 Å². The molecule has 3 aromatic rings. The summed E-state index contributed by atoms with van der Waals surface area (Å²) < 4.78 is 7.61. The maximum absolute atomic E-state index is 12.8. The number of carbonyl (C=O) groups excluding carboxylic acids is 1. The lowest BCUT2D eigenvalue weighted by Gasteiger charge is -2.35. The first-order chi connectivity index (χ1) is 17.4. The summed E-state index contributed by atoms with van der Waals surface area (Å²) in [7, 11) is 0. The second-order valence-electron chi connectivity index (χ2n) is 10.00. The number of rotatable bonds is 5. The van der Waals surface area contributed by atoms with Crippen LogP contribution in [0.1, 0.15) is 43.9 Å². The van der Waals surface area contributed by atoms with Crippen LogP contribution < -0.4 is 5.73 Å². The lowest BCUT2D eigenvalue weighted by atomic mass is 10.0. The average Bonchev–Trinajstić information content (AvgIpc) is 3.18. The van der Waals surface area contributed by atoms with Crippen molar-refractivity contribution in [1.82, 2.24) is 14.4 Å². The van der Waals surface area contributed by atoms with Crippen LogP contribution in [-0.4, -0.2) is 70.0 Å². The number of anilines is 1. The zero-order valence-electron chi connectivity index (χ0n) is 21.1. The quantitative estimate of drug-likeness (QED) is 0.518. The van der Waals surface area contributed by atoms with Crippen molar-refractivity contribution in [3.8, 4) is 5.88 Å². The molecule has 0 spiro atoms. The van der Waals surface area contributed by atoms with Gasteiger partial charge in [-0.2, -0.15) is 0 Å². The number of aromatic hydroxyl groups is 1. The molecule has 2 aromatic carbocycles. The summed E-state index contributed by atoms with van der Waals surface area (Å²) >= 11 is 0. The summed E-state index contributed by atoms with van der Waals surface area (Å²) in [6, 6.07) is 16.1. The predicted octanol–water partition coefficient (Wildman–Crippen LogP) is 4.42. The Morgan fingerprint density at radius 2 is 1.89 bits per heavy atom. The fraction of sp³-hybridized carbons (Fsp3) is 0.429. The van der Waals surface area contributed by atoms with Gasteiger partial charge >= 0.3 is 6.09 Å². The highest BCUT2D eigenvalue weighted by atomic mass is 16.6. The van der Waals surface area contributed by atoms with Gasteiger partial charge in [0.05, 0.1) is 29.9 Å². The Labute approximate surface area is 212 Å². The minimum Gasteiger partial charge on any atom is -0.494 e. The van der Waals surface area contributed by atoms with Crippen molar-refractivity contribution in [2.24, 2.45) is 4.99 Å². The molecule has 0 radical (unpaired) electrons. The number of piperidine rings is 1. The molecule has 8 heteroatoms. The summed E-state index contributed by atoms with van der Waals surface area (Å²) in [5.74, 6) is 0.205. The Morgan fingerprint density at radius 3 is 2.61 bits per heavy atom. The van der Waals surface area contributed by atoms with E-state index < -0.39 is 0 Å². The second-order valence-corrected chi connectivity index (χ2v) is 10.00. The summed E-state index contributed by atoms with van der Waals surface area (Å²) in [5, 5.41) is 12.4. The highest BCUT2D eigenvalue weighted by molar-refractivity contribution is 6.15. The Bertz CT molecular complexity index is 1260. The summed E-state index contributed by atoms with van der Waals surface area (Å²) in [6.07, 6.45) is 1.54. The minimum atomic E-state index is -0.380. The van der Waals surface area contributed by atoms with Crippen molar-refractivity contribution < 1.29 is 14.6 Å². The monoisotopic (exact) mass is 489 g/mol. The number of hydrogen-bond donors (Lipinski definition) is 2. The van der Waals surface area contributed by atoms with Crippen LogP contribution in [-0.2, 0) is 11.3 Å². The van der Waals surface area contributed by atoms with Gasteiger partial charge in [0.25, 0.3) is 0 Å². The number of aromatic nitrogens is 1. The molecule has 8 nitrogen and oxygen atoms in total. The van der Waals surface area contributed by atoms with E-state index in [0.29, 0.717) is 36.1 Å². The molecule has 1 amide bonds. The second kappa shape index (κ2) is 10.2. The van der Waals surface area contributed by atoms with E-state index in [1.165, 1.54) is 0 Å². The van der Waals surface area contributed by atoms with E-state index in [1.54, 1.807) is 4.90 Å². The van der Waals surface area contributed by atoms with E-state index in [1.807, 2.05) is 48.5 Å². The standard InChI is InChI=1S/C28H35N5O3/c1-19(2)31-13-10-22(11-14-31)33-25-9-8-21(29)16-23(25)26(27(33)34)24-17-32(15-12-30-24)28(35)36-18-20-6-4-3-5-7-20/h3-9,16,19,22,34H,10-15,17-18,29H2,1-2H3. The Hall–Kier alpha value is -3.52. The van der Waals surface area contributed by atoms with Crippen molar-refractivity contribution in [2.75, 3.05) is 38.5 Å².